The first-order valence-electron chi connectivity index (χ1n) is 5.02. The molecular weight excluding hydrogens is 192 g/mol. The molecule has 0 aromatic heterocycles. The topological polar surface area (TPSA) is 52.6 Å². The fourth-order valence-electron chi connectivity index (χ4n) is 1.79. The molecule has 1 unspecified atom stereocenters. The fraction of sp³-hybridized carbons (Fsp3) is 0.364. The molecule has 15 heavy (non-hydrogen) atoms. The van der Waals surface area contributed by atoms with E-state index in [2.05, 4.69) is 5.32 Å². The maximum Gasteiger partial charge on any atom is 0.322 e. The number of benzene rings is 1. The predicted octanol–water partition coefficient (Wildman–Crippen LogP) is 1.27. The smallest absolute Gasteiger partial charge is 0.322 e. The van der Waals surface area contributed by atoms with Crippen LogP contribution < -0.4 is 10.2 Å². The maximum absolute atomic E-state index is 11.5. The summed E-state index contributed by atoms with van der Waals surface area (Å²) in [6.07, 6.45) is -0.561. The van der Waals surface area contributed by atoms with Crippen molar-refractivity contribution in [2.24, 2.45) is 0 Å². The Hall–Kier alpha value is -1.55. The second kappa shape index (κ2) is 3.90. The van der Waals surface area contributed by atoms with E-state index in [-0.39, 0.29) is 6.03 Å². The van der Waals surface area contributed by atoms with E-state index < -0.39 is 6.10 Å². The van der Waals surface area contributed by atoms with E-state index >= 15 is 0 Å². The number of anilines is 1. The van der Waals surface area contributed by atoms with Crippen LogP contribution in [0, 0.1) is 0 Å². The number of hydrogen-bond acceptors (Lipinski definition) is 2. The molecule has 1 aromatic rings. The number of rotatable bonds is 2. The van der Waals surface area contributed by atoms with Crippen molar-refractivity contribution in [2.75, 3.05) is 18.0 Å². The van der Waals surface area contributed by atoms with E-state index in [0.29, 0.717) is 13.1 Å². The second-order valence-corrected chi connectivity index (χ2v) is 3.62. The normalized spacial score (nSPS) is 17.7. The van der Waals surface area contributed by atoms with E-state index in [1.165, 1.54) is 0 Å². The Morgan fingerprint density at radius 3 is 2.80 bits per heavy atom. The minimum atomic E-state index is -0.561. The largest absolute Gasteiger partial charge is 0.389 e. The molecule has 0 spiro atoms. The van der Waals surface area contributed by atoms with Gasteiger partial charge in [0.05, 0.1) is 11.8 Å². The number of urea groups is 1. The van der Waals surface area contributed by atoms with Gasteiger partial charge in [0.2, 0.25) is 0 Å². The van der Waals surface area contributed by atoms with Gasteiger partial charge in [0.25, 0.3) is 0 Å². The lowest BCUT2D eigenvalue weighted by Gasteiger charge is -2.19. The molecule has 80 valence electrons. The number of para-hydroxylation sites is 1. The molecule has 0 radical (unpaired) electrons. The summed E-state index contributed by atoms with van der Waals surface area (Å²) in [4.78, 5) is 13.1. The highest BCUT2D eigenvalue weighted by atomic mass is 16.3. The molecule has 1 fully saturated rings. The third kappa shape index (κ3) is 1.80. The number of carbonyl (C=O) groups excluding carboxylic acids is 1. The average molecular weight is 206 g/mol. The third-order valence-electron chi connectivity index (χ3n) is 2.53. The summed E-state index contributed by atoms with van der Waals surface area (Å²) >= 11 is 0. The van der Waals surface area contributed by atoms with E-state index in [1.54, 1.807) is 11.8 Å². The van der Waals surface area contributed by atoms with Crippen LogP contribution in [-0.2, 0) is 0 Å². The van der Waals surface area contributed by atoms with Crippen molar-refractivity contribution in [1.29, 1.82) is 0 Å². The van der Waals surface area contributed by atoms with Gasteiger partial charge in [-0.2, -0.15) is 0 Å². The number of nitrogens with one attached hydrogen (secondary N) is 1. The fourth-order valence-corrected chi connectivity index (χ4v) is 1.79. The monoisotopic (exact) mass is 206 g/mol. The number of aliphatic hydroxyl groups excluding tert-OH is 1. The van der Waals surface area contributed by atoms with Crippen molar-refractivity contribution in [2.45, 2.75) is 13.0 Å². The standard InChI is InChI=1S/C11H14N2O2/c1-8(14)9-4-2-3-5-10(9)13-7-6-12-11(13)15/h2-5,8,14H,6-7H2,1H3,(H,12,15). The van der Waals surface area contributed by atoms with E-state index in [4.69, 9.17) is 0 Å². The highest BCUT2D eigenvalue weighted by Crippen LogP contribution is 2.26. The van der Waals surface area contributed by atoms with E-state index in [1.807, 2.05) is 24.3 Å². The van der Waals surface area contributed by atoms with Crippen LogP contribution in [0.4, 0.5) is 10.5 Å². The van der Waals surface area contributed by atoms with Crippen molar-refractivity contribution in [3.8, 4) is 0 Å². The highest BCUT2D eigenvalue weighted by molar-refractivity contribution is 5.94. The van der Waals surface area contributed by atoms with Gasteiger partial charge in [-0.25, -0.2) is 4.79 Å². The summed E-state index contributed by atoms with van der Waals surface area (Å²) in [5, 5.41) is 12.3. The zero-order valence-corrected chi connectivity index (χ0v) is 8.60. The molecule has 2 rings (SSSR count). The van der Waals surface area contributed by atoms with Crippen LogP contribution in [0.3, 0.4) is 0 Å². The van der Waals surface area contributed by atoms with E-state index in [9.17, 15) is 9.90 Å². The number of carbonyl (C=O) groups is 1. The predicted molar refractivity (Wildman–Crippen MR) is 57.8 cm³/mol. The lowest BCUT2D eigenvalue weighted by atomic mass is 10.1. The lowest BCUT2D eigenvalue weighted by Crippen LogP contribution is -2.28. The Labute approximate surface area is 88.5 Å². The molecule has 0 bridgehead atoms. The van der Waals surface area contributed by atoms with Gasteiger partial charge in [-0.1, -0.05) is 18.2 Å². The molecule has 2 amide bonds. The summed E-state index contributed by atoms with van der Waals surface area (Å²) in [6, 6.07) is 7.33. The first-order chi connectivity index (χ1) is 7.20. The van der Waals surface area contributed by atoms with Crippen LogP contribution in [0.5, 0.6) is 0 Å². The Balaban J connectivity index is 2.38. The number of hydrogen-bond donors (Lipinski definition) is 2. The van der Waals surface area contributed by atoms with Crippen molar-refractivity contribution in [3.05, 3.63) is 29.8 Å². The summed E-state index contributed by atoms with van der Waals surface area (Å²) in [5.41, 5.74) is 1.58. The van der Waals surface area contributed by atoms with Crippen LogP contribution in [0.1, 0.15) is 18.6 Å². The molecule has 4 nitrogen and oxygen atoms in total. The molecule has 0 saturated carbocycles. The molecule has 0 aliphatic carbocycles. The van der Waals surface area contributed by atoms with Gasteiger partial charge in [0.1, 0.15) is 0 Å². The van der Waals surface area contributed by atoms with Crippen LogP contribution in [0.15, 0.2) is 24.3 Å². The third-order valence-corrected chi connectivity index (χ3v) is 2.53. The number of nitrogens with zero attached hydrogens (tertiary/aromatic N) is 1. The Bertz CT molecular complexity index is 377. The highest BCUT2D eigenvalue weighted by Gasteiger charge is 2.23. The van der Waals surface area contributed by atoms with Gasteiger partial charge in [0.15, 0.2) is 0 Å². The van der Waals surface area contributed by atoms with Gasteiger partial charge < -0.3 is 10.4 Å². The van der Waals surface area contributed by atoms with Gasteiger partial charge in [-0.15, -0.1) is 0 Å². The molecule has 2 N–H and O–H groups in total. The van der Waals surface area contributed by atoms with Crippen molar-refractivity contribution < 1.29 is 9.90 Å². The van der Waals surface area contributed by atoms with Crippen LogP contribution >= 0.6 is 0 Å². The Kier molecular flexibility index (Phi) is 2.60. The van der Waals surface area contributed by atoms with Gasteiger partial charge in [-0.3, -0.25) is 4.90 Å². The van der Waals surface area contributed by atoms with Crippen LogP contribution in [-0.4, -0.2) is 24.2 Å². The SMILES string of the molecule is CC(O)c1ccccc1N1CCNC1=O. The minimum Gasteiger partial charge on any atom is -0.389 e. The maximum atomic E-state index is 11.5. The molecular formula is C11H14N2O2. The zero-order valence-electron chi connectivity index (χ0n) is 8.60. The molecule has 1 aliphatic heterocycles. The lowest BCUT2D eigenvalue weighted by molar-refractivity contribution is 0.199. The van der Waals surface area contributed by atoms with Crippen LogP contribution in [0.25, 0.3) is 0 Å². The number of aliphatic hydroxyl groups is 1. The van der Waals surface area contributed by atoms with Crippen LogP contribution in [0.2, 0.25) is 0 Å². The Morgan fingerprint density at radius 2 is 2.20 bits per heavy atom. The molecule has 1 atom stereocenters. The molecule has 1 saturated heterocycles. The summed E-state index contributed by atoms with van der Waals surface area (Å²) in [6.45, 7) is 3.02. The van der Waals surface area contributed by atoms with Crippen molar-refractivity contribution in [3.63, 3.8) is 0 Å². The first-order valence-corrected chi connectivity index (χ1v) is 5.02. The summed E-state index contributed by atoms with van der Waals surface area (Å²) < 4.78 is 0. The van der Waals surface area contributed by atoms with Gasteiger partial charge in [-0.05, 0) is 13.0 Å². The van der Waals surface area contributed by atoms with Crippen molar-refractivity contribution >= 4 is 11.7 Å². The summed E-state index contributed by atoms with van der Waals surface area (Å²) in [7, 11) is 0. The first kappa shape index (κ1) is 9.98. The molecule has 1 aliphatic rings. The van der Waals surface area contributed by atoms with Crippen molar-refractivity contribution in [1.82, 2.24) is 5.32 Å². The second-order valence-electron chi connectivity index (χ2n) is 3.62. The molecule has 4 heteroatoms. The van der Waals surface area contributed by atoms with Gasteiger partial charge in [0, 0.05) is 18.7 Å². The van der Waals surface area contributed by atoms with E-state index in [0.717, 1.165) is 11.3 Å². The van der Waals surface area contributed by atoms with Gasteiger partial charge >= 0.3 is 6.03 Å². The summed E-state index contributed by atoms with van der Waals surface area (Å²) in [5.74, 6) is 0. The zero-order chi connectivity index (χ0) is 10.8. The quantitative estimate of drug-likeness (QED) is 0.765. The minimum absolute atomic E-state index is 0.0944. The number of amides is 2. The molecule has 1 aromatic carbocycles. The Morgan fingerprint density at radius 1 is 1.47 bits per heavy atom. The molecule has 1 heterocycles. The average Bonchev–Trinajstić information content (AvgIpc) is 2.64.